The number of piperidine rings is 1. The van der Waals surface area contributed by atoms with Gasteiger partial charge in [0.25, 0.3) is 0 Å². The van der Waals surface area contributed by atoms with Crippen molar-refractivity contribution in [3.8, 4) is 0 Å². The Balaban J connectivity index is 1.82. The average Bonchev–Trinajstić information content (AvgIpc) is 2.67. The lowest BCUT2D eigenvalue weighted by molar-refractivity contribution is 0.211. The van der Waals surface area contributed by atoms with Crippen LogP contribution in [0.1, 0.15) is 30.5 Å². The van der Waals surface area contributed by atoms with Crippen LogP contribution >= 0.6 is 11.3 Å². The summed E-state index contributed by atoms with van der Waals surface area (Å²) in [6, 6.07) is 0.647. The molecule has 0 saturated carbocycles. The van der Waals surface area contributed by atoms with Crippen molar-refractivity contribution in [2.24, 2.45) is 5.92 Å². The molecule has 0 bridgehead atoms. The molecule has 96 valence electrons. The third-order valence-electron chi connectivity index (χ3n) is 3.54. The lowest BCUT2D eigenvalue weighted by Crippen LogP contribution is -2.46. The van der Waals surface area contributed by atoms with E-state index in [0.717, 1.165) is 24.0 Å². The molecule has 2 unspecified atom stereocenters. The Morgan fingerprint density at radius 2 is 2.41 bits per heavy atom. The second kappa shape index (κ2) is 5.94. The van der Waals surface area contributed by atoms with Gasteiger partial charge in [-0.15, -0.1) is 11.3 Å². The second-order valence-electron chi connectivity index (χ2n) is 5.23. The number of thiazole rings is 1. The highest BCUT2D eigenvalue weighted by molar-refractivity contribution is 7.09. The van der Waals surface area contributed by atoms with E-state index >= 15 is 0 Å². The molecule has 3 nitrogen and oxygen atoms in total. The highest BCUT2D eigenvalue weighted by atomic mass is 32.1. The molecule has 0 aromatic carbocycles. The normalized spacial score (nSPS) is 25.4. The monoisotopic (exact) mass is 253 g/mol. The molecular weight excluding hydrogens is 230 g/mol. The van der Waals surface area contributed by atoms with Gasteiger partial charge >= 0.3 is 0 Å². The van der Waals surface area contributed by atoms with Crippen molar-refractivity contribution in [2.45, 2.75) is 39.3 Å². The van der Waals surface area contributed by atoms with Gasteiger partial charge in [0.2, 0.25) is 0 Å². The van der Waals surface area contributed by atoms with Crippen LogP contribution in [0.15, 0.2) is 5.38 Å². The zero-order valence-electron chi connectivity index (χ0n) is 11.1. The van der Waals surface area contributed by atoms with E-state index in [1.165, 1.54) is 25.1 Å². The fourth-order valence-corrected chi connectivity index (χ4v) is 3.12. The van der Waals surface area contributed by atoms with Crippen LogP contribution in [0.5, 0.6) is 0 Å². The minimum absolute atomic E-state index is 0.647. The molecule has 1 aliphatic rings. The molecule has 1 N–H and O–H groups in total. The number of hydrogen-bond acceptors (Lipinski definition) is 4. The molecule has 2 rings (SSSR count). The number of nitrogens with one attached hydrogen (secondary N) is 1. The van der Waals surface area contributed by atoms with Gasteiger partial charge in [-0.25, -0.2) is 4.98 Å². The van der Waals surface area contributed by atoms with Crippen molar-refractivity contribution in [3.05, 3.63) is 16.1 Å². The smallest absolute Gasteiger partial charge is 0.0897 e. The standard InChI is InChI=1S/C13H23N3S/c1-10-5-4-6-14-13(10)8-16(3)7-12-9-17-11(2)15-12/h9-10,13-14H,4-8H2,1-3H3. The molecule has 1 fully saturated rings. The summed E-state index contributed by atoms with van der Waals surface area (Å²) in [5, 5.41) is 6.97. The Morgan fingerprint density at radius 1 is 1.59 bits per heavy atom. The van der Waals surface area contributed by atoms with Gasteiger partial charge in [0, 0.05) is 24.5 Å². The fourth-order valence-electron chi connectivity index (χ4n) is 2.52. The van der Waals surface area contributed by atoms with Crippen LogP contribution in [0.25, 0.3) is 0 Å². The molecule has 1 saturated heterocycles. The van der Waals surface area contributed by atoms with Gasteiger partial charge in [0.1, 0.15) is 0 Å². The van der Waals surface area contributed by atoms with Crippen LogP contribution in [0.2, 0.25) is 0 Å². The maximum atomic E-state index is 4.52. The van der Waals surface area contributed by atoms with E-state index < -0.39 is 0 Å². The van der Waals surface area contributed by atoms with E-state index in [2.05, 4.69) is 41.5 Å². The van der Waals surface area contributed by atoms with Crippen LogP contribution in [0.3, 0.4) is 0 Å². The van der Waals surface area contributed by atoms with E-state index in [1.807, 2.05) is 0 Å². The highest BCUT2D eigenvalue weighted by Gasteiger charge is 2.21. The van der Waals surface area contributed by atoms with Crippen molar-refractivity contribution in [1.29, 1.82) is 0 Å². The predicted octanol–water partition coefficient (Wildman–Crippen LogP) is 2.27. The third kappa shape index (κ3) is 3.76. The summed E-state index contributed by atoms with van der Waals surface area (Å²) in [6.07, 6.45) is 2.69. The van der Waals surface area contributed by atoms with Crippen LogP contribution in [0, 0.1) is 12.8 Å². The average molecular weight is 253 g/mol. The zero-order valence-corrected chi connectivity index (χ0v) is 11.9. The summed E-state index contributed by atoms with van der Waals surface area (Å²) < 4.78 is 0. The lowest BCUT2D eigenvalue weighted by Gasteiger charge is -2.33. The summed E-state index contributed by atoms with van der Waals surface area (Å²) in [7, 11) is 2.19. The number of nitrogens with zero attached hydrogens (tertiary/aromatic N) is 2. The van der Waals surface area contributed by atoms with E-state index in [1.54, 1.807) is 11.3 Å². The highest BCUT2D eigenvalue weighted by Crippen LogP contribution is 2.17. The molecule has 17 heavy (non-hydrogen) atoms. The van der Waals surface area contributed by atoms with Crippen LogP contribution in [-0.2, 0) is 6.54 Å². The molecule has 0 spiro atoms. The van der Waals surface area contributed by atoms with E-state index in [0.29, 0.717) is 6.04 Å². The molecular formula is C13H23N3S. The predicted molar refractivity (Wildman–Crippen MR) is 73.4 cm³/mol. The summed E-state index contributed by atoms with van der Waals surface area (Å²) in [5.74, 6) is 0.795. The van der Waals surface area contributed by atoms with Gasteiger partial charge in [-0.05, 0) is 39.3 Å². The van der Waals surface area contributed by atoms with Crippen molar-refractivity contribution >= 4 is 11.3 Å². The van der Waals surface area contributed by atoms with Crippen LogP contribution in [-0.4, -0.2) is 36.1 Å². The minimum atomic E-state index is 0.647. The number of rotatable bonds is 4. The van der Waals surface area contributed by atoms with Crippen molar-refractivity contribution < 1.29 is 0 Å². The Hall–Kier alpha value is -0.450. The summed E-state index contributed by atoms with van der Waals surface area (Å²) in [4.78, 5) is 6.90. The van der Waals surface area contributed by atoms with E-state index in [9.17, 15) is 0 Å². The van der Waals surface area contributed by atoms with E-state index in [-0.39, 0.29) is 0 Å². The lowest BCUT2D eigenvalue weighted by atomic mass is 9.92. The van der Waals surface area contributed by atoms with Gasteiger partial charge in [-0.1, -0.05) is 6.92 Å². The molecule has 0 radical (unpaired) electrons. The second-order valence-corrected chi connectivity index (χ2v) is 6.30. The minimum Gasteiger partial charge on any atom is -0.312 e. The number of hydrogen-bond donors (Lipinski definition) is 1. The first-order chi connectivity index (χ1) is 8.15. The SMILES string of the molecule is Cc1nc(CN(C)CC2NCCCC2C)cs1. The molecule has 1 aromatic rings. The molecule has 1 aliphatic heterocycles. The van der Waals surface area contributed by atoms with E-state index in [4.69, 9.17) is 0 Å². The molecule has 1 aromatic heterocycles. The number of aromatic nitrogens is 1. The molecule has 0 amide bonds. The van der Waals surface area contributed by atoms with Gasteiger partial charge < -0.3 is 5.32 Å². The molecule has 4 heteroatoms. The van der Waals surface area contributed by atoms with Gasteiger partial charge in [0.05, 0.1) is 10.7 Å². The Bertz CT molecular complexity index is 350. The Kier molecular flexibility index (Phi) is 4.54. The fraction of sp³-hybridized carbons (Fsp3) is 0.769. The number of likely N-dealkylation sites (N-methyl/N-ethyl adjacent to an activating group) is 1. The maximum absolute atomic E-state index is 4.52. The quantitative estimate of drug-likeness (QED) is 0.892. The number of aryl methyl sites for hydroxylation is 1. The van der Waals surface area contributed by atoms with Crippen LogP contribution < -0.4 is 5.32 Å². The van der Waals surface area contributed by atoms with Gasteiger partial charge in [-0.3, -0.25) is 4.90 Å². The zero-order chi connectivity index (χ0) is 12.3. The summed E-state index contributed by atoms with van der Waals surface area (Å²) >= 11 is 1.74. The van der Waals surface area contributed by atoms with Gasteiger partial charge in [0.15, 0.2) is 0 Å². The first-order valence-electron chi connectivity index (χ1n) is 6.48. The molecule has 2 atom stereocenters. The largest absolute Gasteiger partial charge is 0.312 e. The molecule has 0 aliphatic carbocycles. The Labute approximate surface area is 108 Å². The van der Waals surface area contributed by atoms with Crippen molar-refractivity contribution in [1.82, 2.24) is 15.2 Å². The third-order valence-corrected chi connectivity index (χ3v) is 4.36. The van der Waals surface area contributed by atoms with Gasteiger partial charge in [-0.2, -0.15) is 0 Å². The first-order valence-corrected chi connectivity index (χ1v) is 7.36. The maximum Gasteiger partial charge on any atom is 0.0897 e. The van der Waals surface area contributed by atoms with Crippen molar-refractivity contribution in [2.75, 3.05) is 20.1 Å². The first kappa shape index (κ1) is 13.0. The summed E-state index contributed by atoms with van der Waals surface area (Å²) in [6.45, 7) is 7.70. The van der Waals surface area contributed by atoms with Crippen LogP contribution in [0.4, 0.5) is 0 Å². The Morgan fingerprint density at radius 3 is 3.06 bits per heavy atom. The molecule has 2 heterocycles. The summed E-state index contributed by atoms with van der Waals surface area (Å²) in [5.41, 5.74) is 1.21. The topological polar surface area (TPSA) is 28.2 Å². The van der Waals surface area contributed by atoms with Crippen molar-refractivity contribution in [3.63, 3.8) is 0 Å².